The highest BCUT2D eigenvalue weighted by molar-refractivity contribution is 9.09. The average Bonchev–Trinajstić information content (AvgIpc) is 1.54. The number of halogens is 2. The Morgan fingerprint density at radius 1 is 0.265 bits per heavy atom. The summed E-state index contributed by atoms with van der Waals surface area (Å²) in [6, 6.07) is 71.6. The predicted octanol–water partition coefficient (Wildman–Crippen LogP) is 39.1. The van der Waals surface area contributed by atoms with E-state index < -0.39 is 0 Å². The van der Waals surface area contributed by atoms with Crippen molar-refractivity contribution in [2.75, 3.05) is 23.7 Å². The number of fused-ring (bicyclic) bond motifs is 10. The molecule has 6 aromatic carbocycles. The maximum Gasteiger partial charge on any atom is 0.271 e. The number of amides is 4. The summed E-state index contributed by atoms with van der Waals surface area (Å²) < 4.78 is 7.38. The summed E-state index contributed by atoms with van der Waals surface area (Å²) in [5.74, 6) is -0.693. The molecule has 2 aliphatic rings. The summed E-state index contributed by atoms with van der Waals surface area (Å²) in [5.41, 5.74) is 11.1. The molecule has 0 N–H and O–H groups in total. The lowest BCUT2D eigenvalue weighted by Crippen LogP contribution is -2.30. The van der Waals surface area contributed by atoms with E-state index in [9.17, 15) is 19.2 Å². The number of carbonyl (C=O) groups excluding carboxylic acids is 4. The Bertz CT molecular complexity index is 7060. The normalized spacial score (nSPS) is 12.8. The van der Waals surface area contributed by atoms with Crippen molar-refractivity contribution in [2.45, 2.75) is 194 Å². The highest BCUT2D eigenvalue weighted by atomic mass is 79.9. The van der Waals surface area contributed by atoms with E-state index in [0.29, 0.717) is 27.4 Å². The standard InChI is InChI=1S/C57H55Br2NO2S6.C55H51NO2S6/c1-2-3-4-9-20-33-60-56(61)49-48-50(37-23-14-11-15-24-37)67-53(54(48)68-55(49)57(60)62)45-35-41-47(43-30-28-39(64-43)26-17-6-8-19-32-59)51-40(34-44(65-51)36-21-12-10-13-22-36)46(52(41)66-45)42-29-27-38(63-42)25-16-5-7-18-31-58;1-4-7-9-11-12-20-26-37-28-29-40(60-37)44-38-32-42(34-21-15-13-16-22-34)61-49(38)45(41-30-27-36(59-41)25-19-10-8-5-2)39-33-43(62-50(39)44)51-52-46(48(63-51)35-23-17-14-18-24-35)47-53(64-52)55(58)56(31-6-3)54(47)57/h10-15,21-24,27-30,34-35H,2-9,16-20,25-26,31-33H2,1H3;6,13-18,21-24,27-30,32-33H,3-5,7-12,19-20,25-26,31H2,1-2H3. The largest absolute Gasteiger partial charge is 0.274 e. The molecule has 14 heterocycles. The van der Waals surface area contributed by atoms with Crippen LogP contribution in [0, 0.1) is 0 Å². The highest BCUT2D eigenvalue weighted by Crippen LogP contribution is 2.62. The summed E-state index contributed by atoms with van der Waals surface area (Å²) in [4.78, 5) is 81.1. The second-order valence-corrected chi connectivity index (χ2v) is 49.3. The van der Waals surface area contributed by atoms with Crippen molar-refractivity contribution < 1.29 is 19.2 Å². The minimum absolute atomic E-state index is 0.125. The first-order valence-corrected chi connectivity index (χ1v) is 59.3. The van der Waals surface area contributed by atoms with Crippen LogP contribution in [0.3, 0.4) is 0 Å². The van der Waals surface area contributed by atoms with E-state index in [0.717, 1.165) is 113 Å². The van der Waals surface area contributed by atoms with Gasteiger partial charge in [-0.25, -0.2) is 0 Å². The van der Waals surface area contributed by atoms with E-state index in [2.05, 4.69) is 241 Å². The van der Waals surface area contributed by atoms with Crippen LogP contribution in [0.1, 0.15) is 228 Å². The fraction of sp³-hybridized carbons (Fsp3) is 0.304. The number of imide groups is 2. The fourth-order valence-electron chi connectivity index (χ4n) is 18.8. The highest BCUT2D eigenvalue weighted by Gasteiger charge is 2.44. The van der Waals surface area contributed by atoms with Crippen molar-refractivity contribution in [2.24, 2.45) is 0 Å². The molecule has 6 nitrogen and oxygen atoms in total. The van der Waals surface area contributed by atoms with E-state index in [4.69, 9.17) is 0 Å². The van der Waals surface area contributed by atoms with Crippen LogP contribution in [0.5, 0.6) is 0 Å². The van der Waals surface area contributed by atoms with Gasteiger partial charge in [-0.2, -0.15) is 0 Å². The number of aryl methyl sites for hydroxylation is 4. The van der Waals surface area contributed by atoms with Crippen LogP contribution >= 0.6 is 168 Å². The second kappa shape index (κ2) is 43.3. The van der Waals surface area contributed by atoms with Gasteiger partial charge < -0.3 is 0 Å². The molecule has 18 aromatic rings. The molecule has 0 saturated heterocycles. The van der Waals surface area contributed by atoms with Crippen LogP contribution < -0.4 is 0 Å². The molecule has 20 heteroatoms. The molecule has 0 aliphatic carbocycles. The molecular weight excluding hydrogens is 1980 g/mol. The quantitative estimate of drug-likeness (QED) is 0.0165. The number of nitrogens with zero attached hydrogens (tertiary/aromatic N) is 2. The number of carbonyl (C=O) groups is 4. The van der Waals surface area contributed by atoms with E-state index in [1.54, 1.807) is 28.7 Å². The smallest absolute Gasteiger partial charge is 0.271 e. The molecule has 0 atom stereocenters. The zero-order valence-electron chi connectivity index (χ0n) is 74.9. The van der Waals surface area contributed by atoms with Crippen molar-refractivity contribution in [3.8, 4) is 103 Å². The molecule has 20 rings (SSSR count). The Kier molecular flexibility index (Phi) is 30.6. The lowest BCUT2D eigenvalue weighted by molar-refractivity contribution is 0.0645. The maximum atomic E-state index is 14.5. The summed E-state index contributed by atoms with van der Waals surface area (Å²) in [7, 11) is 0. The predicted molar refractivity (Wildman–Crippen MR) is 593 cm³/mol. The number of benzene rings is 6. The van der Waals surface area contributed by atoms with Gasteiger partial charge in [0.1, 0.15) is 9.75 Å². The first-order chi connectivity index (χ1) is 64.9. The van der Waals surface area contributed by atoms with Crippen molar-refractivity contribution >= 4 is 252 Å². The number of hydrogen-bond acceptors (Lipinski definition) is 16. The van der Waals surface area contributed by atoms with Gasteiger partial charge in [0, 0.05) is 165 Å². The lowest BCUT2D eigenvalue weighted by Gasteiger charge is -2.13. The van der Waals surface area contributed by atoms with Crippen LogP contribution in [0.4, 0.5) is 0 Å². The molecule has 674 valence electrons. The van der Waals surface area contributed by atoms with Gasteiger partial charge in [-0.1, -0.05) is 283 Å². The van der Waals surface area contributed by atoms with Crippen molar-refractivity contribution in [1.29, 1.82) is 0 Å². The Hall–Kier alpha value is -7.74. The van der Waals surface area contributed by atoms with Crippen LogP contribution in [-0.2, 0) is 25.7 Å². The zero-order chi connectivity index (χ0) is 90.3. The summed E-state index contributed by atoms with van der Waals surface area (Å²) in [5, 5.41) is 9.22. The number of alkyl halides is 2. The van der Waals surface area contributed by atoms with Crippen LogP contribution in [0.25, 0.3) is 164 Å². The number of rotatable bonds is 42. The summed E-state index contributed by atoms with van der Waals surface area (Å²) in [6.07, 6.45) is 34.1. The maximum absolute atomic E-state index is 14.5. The number of hydrogen-bond donors (Lipinski definition) is 0. The number of unbranched alkanes of at least 4 members (excludes halogenated alkanes) is 18. The van der Waals surface area contributed by atoms with E-state index in [1.807, 2.05) is 103 Å². The second-order valence-electron chi connectivity index (χ2n) is 34.7. The Morgan fingerprint density at radius 2 is 0.568 bits per heavy atom. The van der Waals surface area contributed by atoms with Crippen LogP contribution in [0.2, 0.25) is 0 Å². The van der Waals surface area contributed by atoms with Crippen molar-refractivity contribution in [3.05, 3.63) is 247 Å². The SMILES string of the molecule is C=CCN1C(=O)c2sc3c(-c4cc5c(-c6ccc(CCCCCC)s6)c6sc(-c7ccccc7)cc6c(-c6ccc(CCCCCCCC)s6)c5s4)sc(-c4ccccc4)c3c2C1=O.CCCCCCCN1C(=O)c2sc3c(-c4cc5c(-c6ccc(CCCCCCBr)s6)c6sc(-c7ccccc7)cc6c(-c6ccc(CCCCCCBr)s6)c5s4)sc(-c4ccccc4)c3c2C1=O. The van der Waals surface area contributed by atoms with E-state index in [1.165, 1.54) is 287 Å². The molecule has 0 unspecified atom stereocenters. The van der Waals surface area contributed by atoms with Gasteiger partial charge in [-0.3, -0.25) is 29.0 Å². The third-order valence-electron chi connectivity index (χ3n) is 25.5. The molecule has 132 heavy (non-hydrogen) atoms. The van der Waals surface area contributed by atoms with Crippen LogP contribution in [0.15, 0.2) is 207 Å². The van der Waals surface area contributed by atoms with Gasteiger partial charge in [0.2, 0.25) is 0 Å². The average molecular weight is 2090 g/mol. The Morgan fingerprint density at radius 3 is 0.924 bits per heavy atom. The monoisotopic (exact) mass is 2080 g/mol. The van der Waals surface area contributed by atoms with Gasteiger partial charge in [0.25, 0.3) is 23.6 Å². The molecule has 2 aliphatic heterocycles. The first kappa shape index (κ1) is 93.3. The van der Waals surface area contributed by atoms with E-state index >= 15 is 0 Å². The van der Waals surface area contributed by atoms with Crippen LogP contribution in [-0.4, -0.2) is 57.2 Å². The molecule has 0 fully saturated rings. The minimum Gasteiger partial charge on any atom is -0.274 e. The van der Waals surface area contributed by atoms with Crippen molar-refractivity contribution in [1.82, 2.24) is 9.80 Å². The molecule has 0 radical (unpaired) electrons. The molecule has 0 spiro atoms. The summed E-state index contributed by atoms with van der Waals surface area (Å²) >= 11 is 29.3. The van der Waals surface area contributed by atoms with Gasteiger partial charge in [0.05, 0.1) is 30.3 Å². The molecular formula is C112H106Br2N2O4S12. The third-order valence-corrected chi connectivity index (χ3v) is 41.5. The third kappa shape index (κ3) is 19.2. The topological polar surface area (TPSA) is 74.8 Å². The molecule has 0 saturated carbocycles. The fourth-order valence-corrected chi connectivity index (χ4v) is 35.1. The van der Waals surface area contributed by atoms with Gasteiger partial charge in [0.15, 0.2) is 0 Å². The Balaban J connectivity index is 0.000000171. The van der Waals surface area contributed by atoms with Crippen molar-refractivity contribution in [3.63, 3.8) is 0 Å². The molecule has 12 aromatic heterocycles. The van der Waals surface area contributed by atoms with Gasteiger partial charge >= 0.3 is 0 Å². The lowest BCUT2D eigenvalue weighted by atomic mass is 9.99. The molecule has 0 bridgehead atoms. The van der Waals surface area contributed by atoms with Gasteiger partial charge in [-0.05, 0) is 166 Å². The van der Waals surface area contributed by atoms with E-state index in [-0.39, 0.29) is 30.2 Å². The minimum atomic E-state index is -0.222. The molecule has 4 amide bonds. The number of thiophene rings is 12. The Labute approximate surface area is 840 Å². The zero-order valence-corrected chi connectivity index (χ0v) is 87.8. The van der Waals surface area contributed by atoms with Gasteiger partial charge in [-0.15, -0.1) is 143 Å². The first-order valence-electron chi connectivity index (χ1n) is 47.2. The summed E-state index contributed by atoms with van der Waals surface area (Å²) in [6.45, 7) is 11.3.